The fourth-order valence-corrected chi connectivity index (χ4v) is 4.57. The average Bonchev–Trinajstić information content (AvgIpc) is 3.02. The first-order valence-corrected chi connectivity index (χ1v) is 12.7. The van der Waals surface area contributed by atoms with Crippen molar-refractivity contribution in [2.75, 3.05) is 18.2 Å². The number of amides is 1. The summed E-state index contributed by atoms with van der Waals surface area (Å²) in [6.45, 7) is 8.47. The van der Waals surface area contributed by atoms with Gasteiger partial charge in [-0.25, -0.2) is 4.99 Å². The molecule has 1 aliphatic heterocycles. The van der Waals surface area contributed by atoms with Crippen molar-refractivity contribution >= 4 is 45.5 Å². The van der Waals surface area contributed by atoms with Crippen LogP contribution >= 0.6 is 11.8 Å². The number of anilines is 1. The first-order chi connectivity index (χ1) is 16.8. The van der Waals surface area contributed by atoms with E-state index in [0.29, 0.717) is 12.3 Å². The van der Waals surface area contributed by atoms with E-state index < -0.39 is 0 Å². The molecule has 0 fully saturated rings. The summed E-state index contributed by atoms with van der Waals surface area (Å²) in [5.41, 5.74) is 8.02. The minimum atomic E-state index is -0.0532. The molecule has 1 aliphatic rings. The van der Waals surface area contributed by atoms with E-state index in [2.05, 4.69) is 57.3 Å². The van der Waals surface area contributed by atoms with E-state index in [1.54, 1.807) is 7.11 Å². The number of methoxy groups -OCH3 is 1. The predicted octanol–water partition coefficient (Wildman–Crippen LogP) is 7.36. The zero-order valence-corrected chi connectivity index (χ0v) is 21.7. The second-order valence-electron chi connectivity index (χ2n) is 9.01. The number of carbonyl (C=O) groups excluding carboxylic acids is 1. The number of benzene rings is 3. The maximum atomic E-state index is 12.7. The normalized spacial score (nSPS) is 13.0. The smallest absolute Gasteiger partial charge is 0.234 e. The Balaban J connectivity index is 1.53. The van der Waals surface area contributed by atoms with E-state index in [4.69, 9.17) is 14.7 Å². The number of carbonyl (C=O) groups is 1. The number of nitrogens with one attached hydrogen (secondary N) is 1. The number of aryl methyl sites for hydroxylation is 2. The van der Waals surface area contributed by atoms with Gasteiger partial charge in [-0.1, -0.05) is 26.0 Å². The fraction of sp³-hybridized carbons (Fsp3) is 0.276. The van der Waals surface area contributed by atoms with Crippen LogP contribution in [0.4, 0.5) is 17.1 Å². The van der Waals surface area contributed by atoms with Crippen LogP contribution in [0.3, 0.4) is 0 Å². The molecule has 180 valence electrons. The maximum absolute atomic E-state index is 12.7. The largest absolute Gasteiger partial charge is 0.497 e. The van der Waals surface area contributed by atoms with Gasteiger partial charge in [0.05, 0.1) is 35.0 Å². The number of nitrogens with zero attached hydrogens (tertiary/aromatic N) is 2. The SMILES string of the molecule is COc1ccc(C2=Nc3cc(C)c(C)cc3N=C(SCC(=O)Nc3ccc(C(C)C)cc3)C2)cc1. The number of hydrogen-bond donors (Lipinski definition) is 1. The number of hydrogen-bond acceptors (Lipinski definition) is 5. The van der Waals surface area contributed by atoms with Crippen LogP contribution in [0, 0.1) is 13.8 Å². The van der Waals surface area contributed by atoms with Gasteiger partial charge < -0.3 is 10.1 Å². The standard InChI is InChI=1S/C29H31N3O2S/c1-18(2)21-6-10-23(11-7-21)30-28(33)17-35-29-16-25(22-8-12-24(34-5)13-9-22)31-26-14-19(3)20(4)15-27(26)32-29/h6-15,18H,16-17H2,1-5H3,(H,30,33). The third-order valence-electron chi connectivity index (χ3n) is 6.06. The molecule has 4 rings (SSSR count). The molecule has 0 saturated carbocycles. The molecule has 0 spiro atoms. The highest BCUT2D eigenvalue weighted by molar-refractivity contribution is 8.14. The maximum Gasteiger partial charge on any atom is 0.234 e. The third-order valence-corrected chi connectivity index (χ3v) is 7.04. The van der Waals surface area contributed by atoms with Crippen molar-refractivity contribution in [3.8, 4) is 5.75 Å². The second kappa shape index (κ2) is 10.9. The van der Waals surface area contributed by atoms with Gasteiger partial charge in [0.1, 0.15) is 5.75 Å². The van der Waals surface area contributed by atoms with Gasteiger partial charge >= 0.3 is 0 Å². The Bertz CT molecular complexity index is 1280. The molecule has 0 aromatic heterocycles. The Labute approximate surface area is 211 Å². The van der Waals surface area contributed by atoms with Crippen LogP contribution in [0.2, 0.25) is 0 Å². The number of rotatable bonds is 6. The molecule has 3 aromatic rings. The summed E-state index contributed by atoms with van der Waals surface area (Å²) < 4.78 is 5.31. The lowest BCUT2D eigenvalue weighted by Gasteiger charge is -2.10. The van der Waals surface area contributed by atoms with Crippen molar-refractivity contribution in [2.45, 2.75) is 40.0 Å². The minimum absolute atomic E-state index is 0.0532. The Morgan fingerprint density at radius 2 is 1.60 bits per heavy atom. The van der Waals surface area contributed by atoms with Crippen LogP contribution in [-0.2, 0) is 4.79 Å². The number of thioether (sulfide) groups is 1. The van der Waals surface area contributed by atoms with E-state index >= 15 is 0 Å². The lowest BCUT2D eigenvalue weighted by atomic mass is 10.0. The molecule has 0 atom stereocenters. The van der Waals surface area contributed by atoms with Gasteiger partial charge in [-0.3, -0.25) is 9.79 Å². The van der Waals surface area contributed by atoms with Crippen LogP contribution in [-0.4, -0.2) is 29.5 Å². The molecule has 3 aromatic carbocycles. The van der Waals surface area contributed by atoms with Gasteiger partial charge in [-0.2, -0.15) is 0 Å². The highest BCUT2D eigenvalue weighted by Gasteiger charge is 2.18. The molecule has 0 aliphatic carbocycles. The van der Waals surface area contributed by atoms with Crippen LogP contribution < -0.4 is 10.1 Å². The van der Waals surface area contributed by atoms with E-state index in [9.17, 15) is 4.79 Å². The van der Waals surface area contributed by atoms with Gasteiger partial charge in [0.2, 0.25) is 5.91 Å². The molecule has 6 heteroatoms. The van der Waals surface area contributed by atoms with Crippen molar-refractivity contribution in [3.63, 3.8) is 0 Å². The van der Waals surface area contributed by atoms with Crippen LogP contribution in [0.25, 0.3) is 0 Å². The highest BCUT2D eigenvalue weighted by atomic mass is 32.2. The molecule has 1 N–H and O–H groups in total. The average molecular weight is 486 g/mol. The van der Waals surface area contributed by atoms with Crippen LogP contribution in [0.5, 0.6) is 5.75 Å². The van der Waals surface area contributed by atoms with Crippen molar-refractivity contribution in [1.29, 1.82) is 0 Å². The number of aliphatic imine (C=N–C) groups is 2. The topological polar surface area (TPSA) is 63.1 Å². The second-order valence-corrected chi connectivity index (χ2v) is 10.1. The van der Waals surface area contributed by atoms with Gasteiger partial charge in [0.25, 0.3) is 0 Å². The Morgan fingerprint density at radius 3 is 2.20 bits per heavy atom. The Hall–Kier alpha value is -3.38. The minimum Gasteiger partial charge on any atom is -0.497 e. The fourth-order valence-electron chi connectivity index (χ4n) is 3.80. The van der Waals surface area contributed by atoms with Crippen molar-refractivity contribution < 1.29 is 9.53 Å². The van der Waals surface area contributed by atoms with E-state index in [-0.39, 0.29) is 11.7 Å². The molecular formula is C29H31N3O2S. The Kier molecular flexibility index (Phi) is 7.71. The summed E-state index contributed by atoms with van der Waals surface area (Å²) in [6.07, 6.45) is 0.556. The van der Waals surface area contributed by atoms with E-state index in [0.717, 1.165) is 39.1 Å². The van der Waals surface area contributed by atoms with Crippen molar-refractivity contribution in [3.05, 3.63) is 82.9 Å². The monoisotopic (exact) mass is 485 g/mol. The molecule has 0 unspecified atom stereocenters. The lowest BCUT2D eigenvalue weighted by molar-refractivity contribution is -0.113. The third kappa shape index (κ3) is 6.20. The zero-order chi connectivity index (χ0) is 24.9. The molecule has 0 saturated heterocycles. The first-order valence-electron chi connectivity index (χ1n) is 11.8. The molecule has 5 nitrogen and oxygen atoms in total. The molecular weight excluding hydrogens is 454 g/mol. The van der Waals surface area contributed by atoms with Crippen LogP contribution in [0.15, 0.2) is 70.6 Å². The van der Waals surface area contributed by atoms with Gasteiger partial charge in [-0.15, -0.1) is 11.8 Å². The van der Waals surface area contributed by atoms with Gasteiger partial charge in [0.15, 0.2) is 0 Å². The summed E-state index contributed by atoms with van der Waals surface area (Å²) in [6, 6.07) is 20.1. The molecule has 0 bridgehead atoms. The zero-order valence-electron chi connectivity index (χ0n) is 20.9. The molecule has 0 radical (unpaired) electrons. The van der Waals surface area contributed by atoms with Gasteiger partial charge in [0, 0.05) is 12.1 Å². The molecule has 1 amide bonds. The van der Waals surface area contributed by atoms with Crippen molar-refractivity contribution in [2.24, 2.45) is 9.98 Å². The first kappa shape index (κ1) is 24.7. The van der Waals surface area contributed by atoms with Crippen LogP contribution in [0.1, 0.15) is 48.4 Å². The molecule has 35 heavy (non-hydrogen) atoms. The molecule has 1 heterocycles. The van der Waals surface area contributed by atoms with Crippen molar-refractivity contribution in [1.82, 2.24) is 0 Å². The van der Waals surface area contributed by atoms with E-state index in [1.165, 1.54) is 28.5 Å². The summed E-state index contributed by atoms with van der Waals surface area (Å²) in [5.74, 6) is 1.49. The summed E-state index contributed by atoms with van der Waals surface area (Å²) in [5, 5.41) is 3.86. The number of fused-ring (bicyclic) bond motifs is 1. The van der Waals surface area contributed by atoms with Gasteiger partial charge in [-0.05, 0) is 90.6 Å². The summed E-state index contributed by atoms with van der Waals surface area (Å²) in [7, 11) is 1.66. The Morgan fingerprint density at radius 1 is 0.971 bits per heavy atom. The van der Waals surface area contributed by atoms with E-state index in [1.807, 2.05) is 36.4 Å². The predicted molar refractivity (Wildman–Crippen MR) is 148 cm³/mol. The summed E-state index contributed by atoms with van der Waals surface area (Å²) >= 11 is 1.46. The lowest BCUT2D eigenvalue weighted by Crippen LogP contribution is -2.16. The highest BCUT2D eigenvalue weighted by Crippen LogP contribution is 2.36. The quantitative estimate of drug-likeness (QED) is 0.397. The summed E-state index contributed by atoms with van der Waals surface area (Å²) in [4.78, 5) is 22.6. The number of ether oxygens (including phenoxy) is 1.